The van der Waals surface area contributed by atoms with E-state index in [0.29, 0.717) is 11.3 Å². The molecule has 0 amide bonds. The largest absolute Gasteiger partial charge is 0.480 e. The number of nitrogens with one attached hydrogen (secondary N) is 2. The zero-order valence-corrected chi connectivity index (χ0v) is 13.3. The molecule has 0 unspecified atom stereocenters. The zero-order chi connectivity index (χ0) is 17.6. The van der Waals surface area contributed by atoms with Crippen molar-refractivity contribution in [1.29, 1.82) is 0 Å². The van der Waals surface area contributed by atoms with Crippen LogP contribution in [0.3, 0.4) is 0 Å². The fraction of sp³-hybridized carbons (Fsp3) is 0.105. The molecule has 0 saturated heterocycles. The minimum atomic E-state index is -1.03. The minimum absolute atomic E-state index is 0.260. The highest BCUT2D eigenvalue weighted by atomic mass is 16.4. The molecule has 1 heterocycles. The summed E-state index contributed by atoms with van der Waals surface area (Å²) >= 11 is 0. The summed E-state index contributed by atoms with van der Waals surface area (Å²) in [4.78, 5) is 27.7. The summed E-state index contributed by atoms with van der Waals surface area (Å²) < 4.78 is 0. The molecule has 0 radical (unpaired) electrons. The number of carbonyl (C=O) groups is 1. The van der Waals surface area contributed by atoms with E-state index in [1.165, 1.54) is 6.21 Å². The van der Waals surface area contributed by atoms with E-state index in [1.54, 1.807) is 0 Å². The number of benzene rings is 2. The molecule has 0 spiro atoms. The first kappa shape index (κ1) is 16.4. The Labute approximate surface area is 143 Å². The van der Waals surface area contributed by atoms with Gasteiger partial charge >= 0.3 is 5.97 Å². The van der Waals surface area contributed by atoms with Crippen LogP contribution in [0.5, 0.6) is 0 Å². The van der Waals surface area contributed by atoms with Crippen LogP contribution < -0.4 is 5.56 Å². The fourth-order valence-corrected chi connectivity index (χ4v) is 2.53. The highest BCUT2D eigenvalue weighted by Crippen LogP contribution is 2.17. The number of nitrogens with zero attached hydrogens (tertiary/aromatic N) is 1. The van der Waals surface area contributed by atoms with Gasteiger partial charge in [0.2, 0.25) is 0 Å². The van der Waals surface area contributed by atoms with Crippen molar-refractivity contribution in [3.05, 3.63) is 82.1 Å². The maximum atomic E-state index is 12.0. The van der Waals surface area contributed by atoms with Crippen molar-refractivity contribution in [2.75, 3.05) is 0 Å². The highest BCUT2D eigenvalue weighted by molar-refractivity contribution is 5.90. The van der Waals surface area contributed by atoms with Crippen LogP contribution in [0.1, 0.15) is 11.1 Å². The van der Waals surface area contributed by atoms with E-state index in [0.717, 1.165) is 11.1 Å². The summed E-state index contributed by atoms with van der Waals surface area (Å²) in [6.07, 6.45) is 1.59. The third kappa shape index (κ3) is 3.92. The lowest BCUT2D eigenvalue weighted by atomic mass is 10.1. The second-order valence-electron chi connectivity index (χ2n) is 5.56. The molecule has 3 N–H and O–H groups in total. The van der Waals surface area contributed by atoms with Crippen molar-refractivity contribution < 1.29 is 9.90 Å². The maximum Gasteiger partial charge on any atom is 0.328 e. The number of hydrogen-bond donors (Lipinski definition) is 3. The lowest BCUT2D eigenvalue weighted by Crippen LogP contribution is -2.21. The lowest BCUT2D eigenvalue weighted by Gasteiger charge is -2.07. The van der Waals surface area contributed by atoms with Gasteiger partial charge in [-0.15, -0.1) is 0 Å². The van der Waals surface area contributed by atoms with Gasteiger partial charge in [-0.3, -0.25) is 20.0 Å². The van der Waals surface area contributed by atoms with Crippen LogP contribution in [0.15, 0.2) is 70.5 Å². The number of H-pyrrole nitrogens is 2. The first-order chi connectivity index (χ1) is 12.1. The average molecular weight is 335 g/mol. The molecular formula is C19H17N3O3. The molecule has 2 aromatic carbocycles. The van der Waals surface area contributed by atoms with E-state index in [1.807, 2.05) is 60.7 Å². The molecule has 3 aromatic rings. The van der Waals surface area contributed by atoms with Crippen molar-refractivity contribution in [2.45, 2.75) is 12.5 Å². The predicted octanol–water partition coefficient (Wildman–Crippen LogP) is 2.48. The van der Waals surface area contributed by atoms with E-state index in [-0.39, 0.29) is 12.0 Å². The monoisotopic (exact) mass is 335 g/mol. The van der Waals surface area contributed by atoms with E-state index >= 15 is 0 Å². The normalized spacial score (nSPS) is 12.3. The number of aromatic nitrogens is 2. The molecule has 6 heteroatoms. The summed E-state index contributed by atoms with van der Waals surface area (Å²) in [7, 11) is 0. The van der Waals surface area contributed by atoms with Gasteiger partial charge in [-0.25, -0.2) is 4.79 Å². The molecule has 0 saturated carbocycles. The first-order valence-electron chi connectivity index (χ1n) is 7.81. The molecule has 126 valence electrons. The highest BCUT2D eigenvalue weighted by Gasteiger charge is 2.17. The number of carboxylic acids is 1. The van der Waals surface area contributed by atoms with E-state index in [9.17, 15) is 14.7 Å². The second-order valence-corrected chi connectivity index (χ2v) is 5.56. The molecule has 0 aliphatic rings. The molecule has 0 aliphatic heterocycles. The van der Waals surface area contributed by atoms with Crippen molar-refractivity contribution in [2.24, 2.45) is 4.99 Å². The average Bonchev–Trinajstić information content (AvgIpc) is 3.00. The maximum absolute atomic E-state index is 12.0. The topological polar surface area (TPSA) is 98.3 Å². The Morgan fingerprint density at radius 2 is 1.68 bits per heavy atom. The Hall–Kier alpha value is -3.41. The van der Waals surface area contributed by atoms with Crippen LogP contribution in [0.2, 0.25) is 0 Å². The SMILES string of the molecule is O=C(O)[C@H](Cc1ccccc1)N=Cc1c(-c2ccccc2)[nH][nH]c1=O. The van der Waals surface area contributed by atoms with Gasteiger partial charge in [-0.2, -0.15) is 0 Å². The molecule has 0 bridgehead atoms. The van der Waals surface area contributed by atoms with Crippen molar-refractivity contribution in [3.8, 4) is 11.3 Å². The van der Waals surface area contributed by atoms with E-state index < -0.39 is 12.0 Å². The number of carboxylic acid groups (broad SMARTS) is 1. The van der Waals surface area contributed by atoms with Crippen LogP contribution >= 0.6 is 0 Å². The summed E-state index contributed by atoms with van der Waals surface area (Å²) in [6, 6.07) is 17.6. The Bertz CT molecular complexity index is 927. The van der Waals surface area contributed by atoms with Crippen LogP contribution in [0, 0.1) is 0 Å². The van der Waals surface area contributed by atoms with Gasteiger partial charge in [0.25, 0.3) is 5.56 Å². The van der Waals surface area contributed by atoms with Crippen LogP contribution in [0.4, 0.5) is 0 Å². The fourth-order valence-electron chi connectivity index (χ4n) is 2.53. The lowest BCUT2D eigenvalue weighted by molar-refractivity contribution is -0.138. The van der Waals surface area contributed by atoms with Gasteiger partial charge in [0.15, 0.2) is 6.04 Å². The third-order valence-electron chi connectivity index (χ3n) is 3.82. The van der Waals surface area contributed by atoms with Gasteiger partial charge < -0.3 is 5.11 Å². The molecule has 1 aromatic heterocycles. The van der Waals surface area contributed by atoms with Gasteiger partial charge in [0.05, 0.1) is 11.3 Å². The van der Waals surface area contributed by atoms with Gasteiger partial charge in [-0.1, -0.05) is 60.7 Å². The number of aromatic amines is 2. The second kappa shape index (κ2) is 7.44. The van der Waals surface area contributed by atoms with Crippen LogP contribution in [-0.2, 0) is 11.2 Å². The number of hydrogen-bond acceptors (Lipinski definition) is 3. The van der Waals surface area contributed by atoms with Crippen molar-refractivity contribution >= 4 is 12.2 Å². The molecular weight excluding hydrogens is 318 g/mol. The Balaban J connectivity index is 1.88. The van der Waals surface area contributed by atoms with E-state index in [2.05, 4.69) is 15.2 Å². The minimum Gasteiger partial charge on any atom is -0.480 e. The Morgan fingerprint density at radius 1 is 1.04 bits per heavy atom. The third-order valence-corrected chi connectivity index (χ3v) is 3.82. The van der Waals surface area contributed by atoms with Gasteiger partial charge in [0.1, 0.15) is 0 Å². The molecule has 25 heavy (non-hydrogen) atoms. The quantitative estimate of drug-likeness (QED) is 0.604. The number of aliphatic imine (C=N–C) groups is 1. The summed E-state index contributed by atoms with van der Waals surface area (Å²) in [5.74, 6) is -1.03. The molecule has 0 aliphatic carbocycles. The predicted molar refractivity (Wildman–Crippen MR) is 96.0 cm³/mol. The standard InChI is InChI=1S/C19H17N3O3/c23-18-15(17(21-22-18)14-9-5-2-6-10-14)12-20-16(19(24)25)11-13-7-3-1-4-8-13/h1-10,12,16H,11H2,(H,24,25)(H2,21,22,23)/t16-/m0/s1. The number of aliphatic carboxylic acids is 1. The van der Waals surface area contributed by atoms with Crippen LogP contribution in [0.25, 0.3) is 11.3 Å². The van der Waals surface area contributed by atoms with Crippen molar-refractivity contribution in [1.82, 2.24) is 10.2 Å². The summed E-state index contributed by atoms with van der Waals surface area (Å²) in [5, 5.41) is 14.7. The molecule has 3 rings (SSSR count). The smallest absolute Gasteiger partial charge is 0.328 e. The summed E-state index contributed by atoms with van der Waals surface area (Å²) in [6.45, 7) is 0. The van der Waals surface area contributed by atoms with Gasteiger partial charge in [0, 0.05) is 18.2 Å². The summed E-state index contributed by atoms with van der Waals surface area (Å²) in [5.41, 5.74) is 2.24. The van der Waals surface area contributed by atoms with Crippen LogP contribution in [-0.4, -0.2) is 33.5 Å². The molecule has 1 atom stereocenters. The Kier molecular flexibility index (Phi) is 4.89. The molecule has 0 fully saturated rings. The molecule has 6 nitrogen and oxygen atoms in total. The zero-order valence-electron chi connectivity index (χ0n) is 13.3. The number of rotatable bonds is 6. The van der Waals surface area contributed by atoms with E-state index in [4.69, 9.17) is 0 Å². The first-order valence-corrected chi connectivity index (χ1v) is 7.81. The Morgan fingerprint density at radius 3 is 2.32 bits per heavy atom. The van der Waals surface area contributed by atoms with Crippen molar-refractivity contribution in [3.63, 3.8) is 0 Å². The van der Waals surface area contributed by atoms with Gasteiger partial charge in [-0.05, 0) is 5.56 Å².